The molecule has 3 aromatic rings. The largest absolute Gasteiger partial charge is 0.506 e. The van der Waals surface area contributed by atoms with Crippen LogP contribution in [0.2, 0.25) is 0 Å². The lowest BCUT2D eigenvalue weighted by Gasteiger charge is -2.22. The zero-order valence-corrected chi connectivity index (χ0v) is 16.1. The quantitative estimate of drug-likeness (QED) is 0.523. The molecule has 0 aliphatic carbocycles. The van der Waals surface area contributed by atoms with Crippen LogP contribution in [0.5, 0.6) is 17.4 Å². The first-order valence-corrected chi connectivity index (χ1v) is 8.93. The Labute approximate surface area is 164 Å². The SMILES string of the molecule is CC(C)(C)c1ccccc1Oc1ncccc1NC(=O)Nc1ccccc1O. The van der Waals surface area contributed by atoms with Crippen LogP contribution in [0.15, 0.2) is 66.9 Å². The number of ether oxygens (including phenoxy) is 1. The van der Waals surface area contributed by atoms with Crippen molar-refractivity contribution in [2.45, 2.75) is 26.2 Å². The lowest BCUT2D eigenvalue weighted by Crippen LogP contribution is -2.20. The molecule has 0 aliphatic rings. The van der Waals surface area contributed by atoms with E-state index in [9.17, 15) is 9.90 Å². The first-order chi connectivity index (χ1) is 13.3. The highest BCUT2D eigenvalue weighted by Gasteiger charge is 2.20. The van der Waals surface area contributed by atoms with Gasteiger partial charge in [0.15, 0.2) is 0 Å². The summed E-state index contributed by atoms with van der Waals surface area (Å²) in [5.74, 6) is 0.948. The molecule has 0 saturated carbocycles. The van der Waals surface area contributed by atoms with E-state index in [-0.39, 0.29) is 17.0 Å². The van der Waals surface area contributed by atoms with E-state index in [0.717, 1.165) is 5.56 Å². The minimum atomic E-state index is -0.511. The van der Waals surface area contributed by atoms with E-state index in [4.69, 9.17) is 4.74 Å². The number of para-hydroxylation sites is 3. The van der Waals surface area contributed by atoms with Crippen LogP contribution in [0.25, 0.3) is 0 Å². The Balaban J connectivity index is 1.81. The van der Waals surface area contributed by atoms with Crippen molar-refractivity contribution < 1.29 is 14.6 Å². The van der Waals surface area contributed by atoms with Gasteiger partial charge in [-0.1, -0.05) is 51.1 Å². The number of hydrogen-bond acceptors (Lipinski definition) is 4. The second-order valence-corrected chi connectivity index (χ2v) is 7.30. The molecule has 0 saturated heterocycles. The molecular formula is C22H23N3O3. The molecule has 3 N–H and O–H groups in total. The van der Waals surface area contributed by atoms with E-state index in [1.54, 1.807) is 36.5 Å². The molecule has 0 aliphatic heterocycles. The Morgan fingerprint density at radius 2 is 1.57 bits per heavy atom. The minimum absolute atomic E-state index is 0.0144. The highest BCUT2D eigenvalue weighted by atomic mass is 16.5. The molecule has 0 radical (unpaired) electrons. The number of carbonyl (C=O) groups excluding carboxylic acids is 1. The number of nitrogens with one attached hydrogen (secondary N) is 2. The van der Waals surface area contributed by atoms with Gasteiger partial charge in [0.25, 0.3) is 0 Å². The van der Waals surface area contributed by atoms with Gasteiger partial charge in [0.1, 0.15) is 17.2 Å². The van der Waals surface area contributed by atoms with Gasteiger partial charge in [0.05, 0.1) is 5.69 Å². The predicted octanol–water partition coefficient (Wildman–Crippen LogP) is 5.52. The van der Waals surface area contributed by atoms with Gasteiger partial charge in [-0.15, -0.1) is 0 Å². The van der Waals surface area contributed by atoms with E-state index in [1.807, 2.05) is 24.3 Å². The smallest absolute Gasteiger partial charge is 0.323 e. The molecule has 0 spiro atoms. The second kappa shape index (κ2) is 8.00. The second-order valence-electron chi connectivity index (χ2n) is 7.30. The first-order valence-electron chi connectivity index (χ1n) is 8.93. The van der Waals surface area contributed by atoms with Crippen LogP contribution in [0.4, 0.5) is 16.2 Å². The Hall–Kier alpha value is -3.54. The fraction of sp³-hybridized carbons (Fsp3) is 0.182. The summed E-state index contributed by atoms with van der Waals surface area (Å²) >= 11 is 0. The summed E-state index contributed by atoms with van der Waals surface area (Å²) in [6.07, 6.45) is 1.60. The molecular weight excluding hydrogens is 354 g/mol. The molecule has 2 amide bonds. The molecule has 6 heteroatoms. The van der Waals surface area contributed by atoms with E-state index >= 15 is 0 Å². The number of aromatic nitrogens is 1. The van der Waals surface area contributed by atoms with Gasteiger partial charge in [0, 0.05) is 11.8 Å². The predicted molar refractivity (Wildman–Crippen MR) is 110 cm³/mol. The molecule has 1 heterocycles. The fourth-order valence-corrected chi connectivity index (χ4v) is 2.70. The van der Waals surface area contributed by atoms with Crippen molar-refractivity contribution in [1.29, 1.82) is 0 Å². The minimum Gasteiger partial charge on any atom is -0.506 e. The number of benzene rings is 2. The molecule has 2 aromatic carbocycles. The maximum absolute atomic E-state index is 12.3. The number of phenolic OH excluding ortho intramolecular Hbond substituents is 1. The third-order valence-corrected chi connectivity index (χ3v) is 4.07. The average molecular weight is 377 g/mol. The lowest BCUT2D eigenvalue weighted by molar-refractivity contribution is 0.262. The third-order valence-electron chi connectivity index (χ3n) is 4.07. The number of anilines is 2. The van der Waals surface area contributed by atoms with Crippen molar-refractivity contribution >= 4 is 17.4 Å². The van der Waals surface area contributed by atoms with Crippen molar-refractivity contribution in [2.75, 3.05) is 10.6 Å². The topological polar surface area (TPSA) is 83.5 Å². The van der Waals surface area contributed by atoms with Crippen molar-refractivity contribution in [3.8, 4) is 17.4 Å². The van der Waals surface area contributed by atoms with Crippen LogP contribution >= 0.6 is 0 Å². The van der Waals surface area contributed by atoms with Crippen LogP contribution in [0.1, 0.15) is 26.3 Å². The fourth-order valence-electron chi connectivity index (χ4n) is 2.70. The third kappa shape index (κ3) is 4.59. The number of phenols is 1. The number of aromatic hydroxyl groups is 1. The zero-order valence-electron chi connectivity index (χ0n) is 16.1. The molecule has 28 heavy (non-hydrogen) atoms. The van der Waals surface area contributed by atoms with Crippen molar-refractivity contribution in [2.24, 2.45) is 0 Å². The van der Waals surface area contributed by atoms with Crippen LogP contribution in [-0.2, 0) is 5.41 Å². The summed E-state index contributed by atoms with van der Waals surface area (Å²) in [5.41, 5.74) is 1.65. The van der Waals surface area contributed by atoms with E-state index < -0.39 is 6.03 Å². The van der Waals surface area contributed by atoms with Crippen molar-refractivity contribution in [3.63, 3.8) is 0 Å². The number of nitrogens with zero attached hydrogens (tertiary/aromatic N) is 1. The molecule has 144 valence electrons. The molecule has 0 bridgehead atoms. The number of amides is 2. The summed E-state index contributed by atoms with van der Waals surface area (Å²) < 4.78 is 6.04. The van der Waals surface area contributed by atoms with Gasteiger partial charge in [-0.05, 0) is 35.7 Å². The number of pyridine rings is 1. The molecule has 6 nitrogen and oxygen atoms in total. The van der Waals surface area contributed by atoms with Crippen LogP contribution in [-0.4, -0.2) is 16.1 Å². The van der Waals surface area contributed by atoms with Crippen LogP contribution in [0, 0.1) is 0 Å². The molecule has 0 fully saturated rings. The molecule has 0 unspecified atom stereocenters. The van der Waals surface area contributed by atoms with Gasteiger partial charge >= 0.3 is 6.03 Å². The summed E-state index contributed by atoms with van der Waals surface area (Å²) in [6, 6.07) is 17.1. The zero-order chi connectivity index (χ0) is 20.1. The van der Waals surface area contributed by atoms with Gasteiger partial charge in [-0.3, -0.25) is 0 Å². The summed E-state index contributed by atoms with van der Waals surface area (Å²) in [7, 11) is 0. The summed E-state index contributed by atoms with van der Waals surface area (Å²) in [6.45, 7) is 6.31. The van der Waals surface area contributed by atoms with Crippen LogP contribution in [0.3, 0.4) is 0 Å². The standard InChI is InChI=1S/C22H23N3O3/c1-22(2,3)15-9-4-7-13-19(15)28-20-17(11-8-14-23-20)25-21(27)24-16-10-5-6-12-18(16)26/h4-14,26H,1-3H3,(H2,24,25,27). The highest BCUT2D eigenvalue weighted by Crippen LogP contribution is 2.35. The number of rotatable bonds is 4. The molecule has 1 aromatic heterocycles. The average Bonchev–Trinajstić information content (AvgIpc) is 2.65. The Kier molecular flexibility index (Phi) is 5.49. The number of carbonyl (C=O) groups is 1. The number of urea groups is 1. The first kappa shape index (κ1) is 19.2. The van der Waals surface area contributed by atoms with Crippen LogP contribution < -0.4 is 15.4 Å². The van der Waals surface area contributed by atoms with Gasteiger partial charge in [0.2, 0.25) is 5.88 Å². The monoisotopic (exact) mass is 377 g/mol. The lowest BCUT2D eigenvalue weighted by atomic mass is 9.86. The summed E-state index contributed by atoms with van der Waals surface area (Å²) in [4.78, 5) is 16.6. The highest BCUT2D eigenvalue weighted by molar-refractivity contribution is 6.01. The number of hydrogen-bond donors (Lipinski definition) is 3. The Morgan fingerprint density at radius 1 is 0.929 bits per heavy atom. The van der Waals surface area contributed by atoms with Gasteiger partial charge < -0.3 is 20.5 Å². The van der Waals surface area contributed by atoms with Crippen molar-refractivity contribution in [3.05, 3.63) is 72.4 Å². The van der Waals surface area contributed by atoms with Gasteiger partial charge in [-0.2, -0.15) is 0 Å². The molecule has 3 rings (SSSR count). The van der Waals surface area contributed by atoms with Gasteiger partial charge in [-0.25, -0.2) is 9.78 Å². The maximum Gasteiger partial charge on any atom is 0.323 e. The van der Waals surface area contributed by atoms with E-state index in [2.05, 4.69) is 36.4 Å². The van der Waals surface area contributed by atoms with Crippen molar-refractivity contribution in [1.82, 2.24) is 4.98 Å². The Bertz CT molecular complexity index is 981. The Morgan fingerprint density at radius 3 is 2.32 bits per heavy atom. The summed E-state index contributed by atoms with van der Waals surface area (Å²) in [5, 5.41) is 15.1. The van der Waals surface area contributed by atoms with E-state index in [1.165, 1.54) is 6.07 Å². The normalized spacial score (nSPS) is 11.0. The molecule has 0 atom stereocenters. The van der Waals surface area contributed by atoms with E-state index in [0.29, 0.717) is 17.1 Å². The maximum atomic E-state index is 12.3.